The van der Waals surface area contributed by atoms with Gasteiger partial charge in [-0.3, -0.25) is 9.62 Å². The van der Waals surface area contributed by atoms with E-state index in [4.69, 9.17) is 4.74 Å². The zero-order valence-electron chi connectivity index (χ0n) is 23.4. The van der Waals surface area contributed by atoms with Crippen LogP contribution in [0.1, 0.15) is 53.1 Å². The first kappa shape index (κ1) is 32.8. The third kappa shape index (κ3) is 8.40. The van der Waals surface area contributed by atoms with Crippen molar-refractivity contribution in [2.75, 3.05) is 18.1 Å². The standard InChI is InChI=1S/C29H30F6N2O4S/c1-17(2)20-7-6-18(3)26(13-20)25-9-8-22(28(30,31)32)12-21(25)16-37(27(38)41-4)15-19-10-23(29(33,34)35)14-24(11-19)36-42(5,39)40/h6-14,17,36H,15-16H2,1-5H3. The minimum Gasteiger partial charge on any atom is -0.453 e. The molecule has 3 aromatic rings. The first-order valence-corrected chi connectivity index (χ1v) is 14.5. The number of nitrogens with one attached hydrogen (secondary N) is 1. The lowest BCUT2D eigenvalue weighted by molar-refractivity contribution is -0.138. The zero-order chi connectivity index (χ0) is 31.6. The lowest BCUT2D eigenvalue weighted by Gasteiger charge is -2.25. The lowest BCUT2D eigenvalue weighted by Crippen LogP contribution is -2.30. The second-order valence-electron chi connectivity index (χ2n) is 10.2. The predicted molar refractivity (Wildman–Crippen MR) is 147 cm³/mol. The molecule has 0 aliphatic rings. The van der Waals surface area contributed by atoms with Crippen molar-refractivity contribution in [2.45, 2.75) is 52.1 Å². The Morgan fingerprint density at radius 2 is 1.52 bits per heavy atom. The van der Waals surface area contributed by atoms with Crippen molar-refractivity contribution in [3.63, 3.8) is 0 Å². The van der Waals surface area contributed by atoms with E-state index in [0.29, 0.717) is 17.2 Å². The van der Waals surface area contributed by atoms with Gasteiger partial charge in [0.15, 0.2) is 0 Å². The smallest absolute Gasteiger partial charge is 0.416 e. The van der Waals surface area contributed by atoms with Crippen molar-refractivity contribution in [3.05, 3.63) is 88.0 Å². The molecule has 0 bridgehead atoms. The normalized spacial score (nSPS) is 12.4. The molecule has 6 nitrogen and oxygen atoms in total. The number of aryl methyl sites for hydroxylation is 1. The Labute approximate surface area is 240 Å². The number of benzene rings is 3. The van der Waals surface area contributed by atoms with E-state index in [9.17, 15) is 39.6 Å². The van der Waals surface area contributed by atoms with Gasteiger partial charge in [0.25, 0.3) is 0 Å². The second kappa shape index (κ2) is 12.2. The lowest BCUT2D eigenvalue weighted by atomic mass is 9.90. The summed E-state index contributed by atoms with van der Waals surface area (Å²) in [7, 11) is -2.92. The van der Waals surface area contributed by atoms with Gasteiger partial charge in [-0.1, -0.05) is 38.1 Å². The number of alkyl halides is 6. The largest absolute Gasteiger partial charge is 0.453 e. The Kier molecular flexibility index (Phi) is 9.55. The highest BCUT2D eigenvalue weighted by atomic mass is 32.2. The van der Waals surface area contributed by atoms with Crippen LogP contribution in [0.25, 0.3) is 11.1 Å². The number of halogens is 6. The molecule has 42 heavy (non-hydrogen) atoms. The number of carbonyl (C=O) groups excluding carboxylic acids is 1. The molecule has 1 amide bonds. The van der Waals surface area contributed by atoms with E-state index in [1.807, 2.05) is 36.8 Å². The van der Waals surface area contributed by atoms with Crippen molar-refractivity contribution in [2.24, 2.45) is 0 Å². The number of hydrogen-bond donors (Lipinski definition) is 1. The Morgan fingerprint density at radius 1 is 0.881 bits per heavy atom. The summed E-state index contributed by atoms with van der Waals surface area (Å²) in [6.07, 6.45) is -9.81. The highest BCUT2D eigenvalue weighted by molar-refractivity contribution is 7.92. The van der Waals surface area contributed by atoms with Crippen LogP contribution in [-0.2, 0) is 40.2 Å². The molecule has 0 unspecified atom stereocenters. The van der Waals surface area contributed by atoms with Gasteiger partial charge in [0.2, 0.25) is 10.0 Å². The van der Waals surface area contributed by atoms with Crippen molar-refractivity contribution >= 4 is 21.8 Å². The Balaban J connectivity index is 2.16. The number of ether oxygens (including phenoxy) is 1. The summed E-state index contributed by atoms with van der Waals surface area (Å²) in [5.41, 5.74) is 0.134. The third-order valence-corrected chi connectivity index (χ3v) is 7.05. The molecule has 0 radical (unpaired) electrons. The molecule has 13 heteroatoms. The molecule has 0 aliphatic carbocycles. The topological polar surface area (TPSA) is 75.7 Å². The number of sulfonamides is 1. The van der Waals surface area contributed by atoms with Gasteiger partial charge in [-0.25, -0.2) is 13.2 Å². The maximum Gasteiger partial charge on any atom is 0.416 e. The van der Waals surface area contributed by atoms with Gasteiger partial charge in [-0.15, -0.1) is 0 Å². The molecule has 0 aliphatic heterocycles. The summed E-state index contributed by atoms with van der Waals surface area (Å²) < 4.78 is 112. The van der Waals surface area contributed by atoms with Crippen molar-refractivity contribution < 1.29 is 44.3 Å². The van der Waals surface area contributed by atoms with Gasteiger partial charge in [-0.2, -0.15) is 26.3 Å². The molecule has 0 fully saturated rings. The SMILES string of the molecule is COC(=O)N(Cc1cc(NS(C)(=O)=O)cc(C(F)(F)F)c1)Cc1cc(C(F)(F)F)ccc1-c1cc(C(C)C)ccc1C. The second-order valence-corrected chi connectivity index (χ2v) is 12.0. The molecule has 228 valence electrons. The minimum absolute atomic E-state index is 0.0840. The molecule has 0 saturated carbocycles. The van der Waals surface area contributed by atoms with Crippen LogP contribution in [0.2, 0.25) is 0 Å². The highest BCUT2D eigenvalue weighted by Crippen LogP contribution is 2.37. The Hall–Kier alpha value is -3.74. The fraction of sp³-hybridized carbons (Fsp3) is 0.345. The van der Waals surface area contributed by atoms with Gasteiger partial charge in [-0.05, 0) is 76.6 Å². The molecule has 3 aromatic carbocycles. The van der Waals surface area contributed by atoms with E-state index in [-0.39, 0.29) is 17.0 Å². The molecular formula is C29H30F6N2O4S. The average Bonchev–Trinajstić information content (AvgIpc) is 2.86. The van der Waals surface area contributed by atoms with Gasteiger partial charge < -0.3 is 4.74 Å². The summed E-state index contributed by atoms with van der Waals surface area (Å²) in [4.78, 5) is 13.7. The molecule has 0 aromatic heterocycles. The van der Waals surface area contributed by atoms with Gasteiger partial charge >= 0.3 is 18.4 Å². The van der Waals surface area contributed by atoms with Crippen LogP contribution < -0.4 is 4.72 Å². The maximum atomic E-state index is 13.7. The first-order valence-electron chi connectivity index (χ1n) is 12.6. The van der Waals surface area contributed by atoms with E-state index in [1.54, 1.807) is 6.92 Å². The Morgan fingerprint density at radius 3 is 2.07 bits per heavy atom. The van der Waals surface area contributed by atoms with Gasteiger partial charge in [0.05, 0.1) is 24.5 Å². The van der Waals surface area contributed by atoms with Crippen LogP contribution in [0.5, 0.6) is 0 Å². The number of nitrogens with zero attached hydrogens (tertiary/aromatic N) is 1. The van der Waals surface area contributed by atoms with Crippen LogP contribution >= 0.6 is 0 Å². The quantitative estimate of drug-likeness (QED) is 0.261. The number of hydrogen-bond acceptors (Lipinski definition) is 4. The number of rotatable bonds is 8. The summed E-state index contributed by atoms with van der Waals surface area (Å²) >= 11 is 0. The monoisotopic (exact) mass is 616 g/mol. The number of methoxy groups -OCH3 is 1. The van der Waals surface area contributed by atoms with Crippen LogP contribution in [0.4, 0.5) is 36.8 Å². The molecular weight excluding hydrogens is 586 g/mol. The van der Waals surface area contributed by atoms with E-state index >= 15 is 0 Å². The molecule has 0 spiro atoms. The van der Waals surface area contributed by atoms with Crippen molar-refractivity contribution in [1.29, 1.82) is 0 Å². The van der Waals surface area contributed by atoms with Crippen LogP contribution in [-0.4, -0.2) is 32.8 Å². The maximum absolute atomic E-state index is 13.7. The summed E-state index contributed by atoms with van der Waals surface area (Å²) in [6, 6.07) is 11.2. The fourth-order valence-electron chi connectivity index (χ4n) is 4.41. The van der Waals surface area contributed by atoms with E-state index in [1.165, 1.54) is 6.07 Å². The molecule has 0 saturated heterocycles. The van der Waals surface area contributed by atoms with Crippen molar-refractivity contribution in [3.8, 4) is 11.1 Å². The summed E-state index contributed by atoms with van der Waals surface area (Å²) in [5.74, 6) is 0.115. The van der Waals surface area contributed by atoms with Crippen LogP contribution in [0.15, 0.2) is 54.6 Å². The molecule has 3 rings (SSSR count). The van der Waals surface area contributed by atoms with E-state index < -0.39 is 58.4 Å². The molecule has 0 atom stereocenters. The molecule has 0 heterocycles. The number of amides is 1. The van der Waals surface area contributed by atoms with E-state index in [0.717, 1.165) is 53.7 Å². The third-order valence-electron chi connectivity index (χ3n) is 6.44. The highest BCUT2D eigenvalue weighted by Gasteiger charge is 2.33. The van der Waals surface area contributed by atoms with Crippen molar-refractivity contribution in [1.82, 2.24) is 4.90 Å². The number of carbonyl (C=O) groups is 1. The van der Waals surface area contributed by atoms with Crippen LogP contribution in [0, 0.1) is 6.92 Å². The zero-order valence-corrected chi connectivity index (χ0v) is 24.3. The Bertz CT molecular complexity index is 1570. The predicted octanol–water partition coefficient (Wildman–Crippen LogP) is 7.96. The first-order chi connectivity index (χ1) is 19.3. The van der Waals surface area contributed by atoms with Gasteiger partial charge in [0, 0.05) is 18.8 Å². The minimum atomic E-state index is -4.85. The van der Waals surface area contributed by atoms with Crippen LogP contribution in [0.3, 0.4) is 0 Å². The molecule has 1 N–H and O–H groups in total. The van der Waals surface area contributed by atoms with E-state index in [2.05, 4.69) is 0 Å². The fourth-order valence-corrected chi connectivity index (χ4v) is 4.96. The summed E-state index contributed by atoms with van der Waals surface area (Å²) in [6.45, 7) is 4.72. The van der Waals surface area contributed by atoms with Gasteiger partial charge in [0.1, 0.15) is 0 Å². The number of anilines is 1. The average molecular weight is 617 g/mol. The summed E-state index contributed by atoms with van der Waals surface area (Å²) in [5, 5.41) is 0.